The Bertz CT molecular complexity index is 1150. The molecule has 1 fully saturated rings. The van der Waals surface area contributed by atoms with Gasteiger partial charge in [0.1, 0.15) is 11.4 Å². The van der Waals surface area contributed by atoms with E-state index in [0.717, 1.165) is 24.3 Å². The van der Waals surface area contributed by atoms with Crippen molar-refractivity contribution < 1.29 is 55.1 Å². The van der Waals surface area contributed by atoms with Gasteiger partial charge in [0.2, 0.25) is 0 Å². The number of alkyl halides is 6. The minimum atomic E-state index is -4.76. The first-order valence-electron chi connectivity index (χ1n) is 13.3. The average Bonchev–Trinajstić information content (AvgIpc) is 2.95. The number of nitrogens with zero attached hydrogens (tertiary/aromatic N) is 4. The van der Waals surface area contributed by atoms with Gasteiger partial charge in [0.05, 0.1) is 73.8 Å². The molecule has 18 heteroatoms. The summed E-state index contributed by atoms with van der Waals surface area (Å²) in [6, 6.07) is 4.55. The van der Waals surface area contributed by atoms with Crippen molar-refractivity contribution in [3.8, 4) is 0 Å². The fourth-order valence-corrected chi connectivity index (χ4v) is 4.28. The van der Waals surface area contributed by atoms with Crippen molar-refractivity contribution in [3.05, 3.63) is 67.8 Å². The van der Waals surface area contributed by atoms with E-state index in [-0.39, 0.29) is 90.4 Å². The van der Waals surface area contributed by atoms with Crippen molar-refractivity contribution >= 4 is 22.7 Å². The molecule has 3 rings (SSSR count). The van der Waals surface area contributed by atoms with Crippen LogP contribution in [0.2, 0.25) is 0 Å². The molecule has 0 amide bonds. The average molecular weight is 641 g/mol. The molecule has 0 aliphatic carbocycles. The van der Waals surface area contributed by atoms with Crippen molar-refractivity contribution in [2.45, 2.75) is 12.4 Å². The number of nitro benzene ring substituents is 2. The third-order valence-electron chi connectivity index (χ3n) is 6.45. The Kier molecular flexibility index (Phi) is 12.5. The van der Waals surface area contributed by atoms with E-state index in [4.69, 9.17) is 18.9 Å². The maximum Gasteiger partial charge on any atom is 0.416 e. The van der Waals surface area contributed by atoms with Gasteiger partial charge in [-0.1, -0.05) is 0 Å². The predicted molar refractivity (Wildman–Crippen MR) is 144 cm³/mol. The molecule has 0 unspecified atom stereocenters. The van der Waals surface area contributed by atoms with Crippen LogP contribution in [0.3, 0.4) is 0 Å². The lowest BCUT2D eigenvalue weighted by Gasteiger charge is -2.26. The number of hydrogen-bond donors (Lipinski definition) is 0. The Labute approximate surface area is 247 Å². The van der Waals surface area contributed by atoms with Gasteiger partial charge in [0.15, 0.2) is 0 Å². The quantitative estimate of drug-likeness (QED) is 0.258. The Morgan fingerprint density at radius 1 is 0.545 bits per heavy atom. The Balaban J connectivity index is 1.67. The number of rotatable bonds is 4. The normalized spacial score (nSPS) is 17.5. The van der Waals surface area contributed by atoms with Crippen molar-refractivity contribution in [3.63, 3.8) is 0 Å². The number of anilines is 2. The molecule has 44 heavy (non-hydrogen) atoms. The second-order valence-electron chi connectivity index (χ2n) is 9.34. The van der Waals surface area contributed by atoms with E-state index < -0.39 is 44.7 Å². The maximum absolute atomic E-state index is 13.1. The summed E-state index contributed by atoms with van der Waals surface area (Å²) < 4.78 is 101. The van der Waals surface area contributed by atoms with E-state index in [1.54, 1.807) is 0 Å². The molecule has 0 aromatic heterocycles. The zero-order chi connectivity index (χ0) is 32.3. The van der Waals surface area contributed by atoms with Crippen LogP contribution in [0.15, 0.2) is 36.4 Å². The molecular formula is C26H30F6N4O8. The summed E-state index contributed by atoms with van der Waals surface area (Å²) in [4.78, 5) is 24.4. The summed E-state index contributed by atoms with van der Waals surface area (Å²) in [7, 11) is 0. The van der Waals surface area contributed by atoms with Crippen LogP contribution in [0.25, 0.3) is 0 Å². The largest absolute Gasteiger partial charge is 0.416 e. The molecular weight excluding hydrogens is 610 g/mol. The van der Waals surface area contributed by atoms with Crippen LogP contribution < -0.4 is 9.80 Å². The lowest BCUT2D eigenvalue weighted by atomic mass is 10.1. The number of halogens is 6. The smallest absolute Gasteiger partial charge is 0.377 e. The maximum atomic E-state index is 13.1. The first-order valence-corrected chi connectivity index (χ1v) is 13.3. The minimum Gasteiger partial charge on any atom is -0.377 e. The van der Waals surface area contributed by atoms with Crippen LogP contribution in [0.5, 0.6) is 0 Å². The molecule has 2 aromatic rings. The molecule has 1 heterocycles. The minimum absolute atomic E-state index is 0.0328. The van der Waals surface area contributed by atoms with E-state index in [0.29, 0.717) is 12.1 Å². The molecule has 0 spiro atoms. The van der Waals surface area contributed by atoms with Gasteiger partial charge in [-0.15, -0.1) is 0 Å². The summed E-state index contributed by atoms with van der Waals surface area (Å²) in [5, 5.41) is 23.2. The van der Waals surface area contributed by atoms with Crippen LogP contribution in [-0.2, 0) is 31.3 Å². The third-order valence-corrected chi connectivity index (χ3v) is 6.45. The van der Waals surface area contributed by atoms with Gasteiger partial charge in [0.25, 0.3) is 11.4 Å². The van der Waals surface area contributed by atoms with Gasteiger partial charge < -0.3 is 28.7 Å². The number of nitro groups is 2. The monoisotopic (exact) mass is 640 g/mol. The zero-order valence-corrected chi connectivity index (χ0v) is 23.3. The second kappa shape index (κ2) is 15.8. The standard InChI is InChI=1S/C26H30F6N4O8/c27-25(28,29)19-1-3-21(23(17-19)35(37)38)33-5-9-41-13-15-43-11-7-34(8-12-44-16-14-42-10-6-33)22-4-2-20(26(30,31)32)18-24(22)36(39)40/h1-4,17-18H,5-16H2. The molecule has 1 saturated heterocycles. The van der Waals surface area contributed by atoms with E-state index in [1.165, 1.54) is 9.80 Å². The highest BCUT2D eigenvalue weighted by Gasteiger charge is 2.35. The van der Waals surface area contributed by atoms with Gasteiger partial charge >= 0.3 is 12.4 Å². The summed E-state index contributed by atoms with van der Waals surface area (Å²) >= 11 is 0. The lowest BCUT2D eigenvalue weighted by Crippen LogP contribution is -2.33. The van der Waals surface area contributed by atoms with E-state index >= 15 is 0 Å². The second-order valence-corrected chi connectivity index (χ2v) is 9.34. The van der Waals surface area contributed by atoms with E-state index in [2.05, 4.69) is 0 Å². The molecule has 2 aromatic carbocycles. The predicted octanol–water partition coefficient (Wildman–Crippen LogP) is 4.93. The Morgan fingerprint density at radius 2 is 0.841 bits per heavy atom. The fraction of sp³-hybridized carbons (Fsp3) is 0.538. The van der Waals surface area contributed by atoms with Crippen LogP contribution >= 0.6 is 0 Å². The third kappa shape index (κ3) is 10.2. The highest BCUT2D eigenvalue weighted by Crippen LogP contribution is 2.37. The molecule has 0 N–H and O–H groups in total. The molecule has 12 nitrogen and oxygen atoms in total. The molecule has 1 aliphatic heterocycles. The zero-order valence-electron chi connectivity index (χ0n) is 23.3. The summed E-state index contributed by atoms with van der Waals surface area (Å²) in [6.45, 7) is 0.758. The summed E-state index contributed by atoms with van der Waals surface area (Å²) in [5.41, 5.74) is -3.80. The summed E-state index contributed by atoms with van der Waals surface area (Å²) in [5.74, 6) is 0. The molecule has 0 saturated carbocycles. The first kappa shape index (κ1) is 34.7. The Hall–Kier alpha value is -3.74. The van der Waals surface area contributed by atoms with Gasteiger partial charge in [-0.25, -0.2) is 0 Å². The lowest BCUT2D eigenvalue weighted by molar-refractivity contribution is -0.384. The van der Waals surface area contributed by atoms with E-state index in [1.807, 2.05) is 0 Å². The van der Waals surface area contributed by atoms with Gasteiger partial charge in [-0.2, -0.15) is 26.3 Å². The molecule has 0 bridgehead atoms. The highest BCUT2D eigenvalue weighted by molar-refractivity contribution is 5.65. The van der Waals surface area contributed by atoms with Crippen molar-refractivity contribution in [1.29, 1.82) is 0 Å². The topological polar surface area (TPSA) is 130 Å². The number of hydrogen-bond acceptors (Lipinski definition) is 10. The van der Waals surface area contributed by atoms with Crippen LogP contribution in [0, 0.1) is 20.2 Å². The van der Waals surface area contributed by atoms with Gasteiger partial charge in [-0.3, -0.25) is 20.2 Å². The van der Waals surface area contributed by atoms with Crippen LogP contribution in [0.1, 0.15) is 11.1 Å². The van der Waals surface area contributed by atoms with Crippen molar-refractivity contribution in [1.82, 2.24) is 0 Å². The summed E-state index contributed by atoms with van der Waals surface area (Å²) in [6.07, 6.45) is -9.52. The number of ether oxygens (including phenoxy) is 4. The molecule has 0 radical (unpaired) electrons. The Morgan fingerprint density at radius 3 is 1.09 bits per heavy atom. The molecule has 244 valence electrons. The molecule has 1 aliphatic rings. The van der Waals surface area contributed by atoms with E-state index in [9.17, 15) is 46.6 Å². The van der Waals surface area contributed by atoms with Crippen molar-refractivity contribution in [2.75, 3.05) is 88.8 Å². The van der Waals surface area contributed by atoms with Crippen LogP contribution in [0.4, 0.5) is 49.1 Å². The van der Waals surface area contributed by atoms with Gasteiger partial charge in [0, 0.05) is 38.3 Å². The number of benzene rings is 2. The SMILES string of the molecule is O=[N+]([O-])c1cc(C(F)(F)F)ccc1N1CCOCCOCCN(c2ccc(C(F)(F)F)cc2[N+](=O)[O-])CCOCCOCC1. The highest BCUT2D eigenvalue weighted by atomic mass is 19.4. The van der Waals surface area contributed by atoms with Crippen molar-refractivity contribution in [2.24, 2.45) is 0 Å². The van der Waals surface area contributed by atoms with Gasteiger partial charge in [-0.05, 0) is 24.3 Å². The first-order chi connectivity index (χ1) is 20.8. The van der Waals surface area contributed by atoms with Crippen LogP contribution in [-0.4, -0.2) is 88.9 Å². The fourth-order valence-electron chi connectivity index (χ4n) is 4.28. The molecule has 0 atom stereocenters.